The highest BCUT2D eigenvalue weighted by atomic mass is 16.1. The Morgan fingerprint density at radius 2 is 2.23 bits per heavy atom. The Morgan fingerprint density at radius 3 is 2.92 bits per heavy atom. The van der Waals surface area contributed by atoms with E-state index in [1.165, 1.54) is 0 Å². The van der Waals surface area contributed by atoms with Gasteiger partial charge in [0.2, 0.25) is 0 Å². The normalized spacial score (nSPS) is 9.08. The van der Waals surface area contributed by atoms with Gasteiger partial charge < -0.3 is 4.98 Å². The van der Waals surface area contributed by atoms with E-state index in [0.717, 1.165) is 17.3 Å². The quantitative estimate of drug-likeness (QED) is 0.678. The molecule has 68 valence electrons. The first-order valence-electron chi connectivity index (χ1n) is 4.28. The van der Waals surface area contributed by atoms with Crippen LogP contribution in [0.15, 0.2) is 24.5 Å². The predicted molar refractivity (Wildman–Crippen MR) is 52.8 cm³/mol. The molecule has 0 saturated heterocycles. The summed E-state index contributed by atoms with van der Waals surface area (Å²) in [7, 11) is 0. The van der Waals surface area contributed by atoms with Crippen molar-refractivity contribution in [2.45, 2.75) is 13.8 Å². The van der Waals surface area contributed by atoms with Gasteiger partial charge in [-0.05, 0) is 12.1 Å². The van der Waals surface area contributed by atoms with E-state index >= 15 is 0 Å². The van der Waals surface area contributed by atoms with E-state index in [-0.39, 0.29) is 0 Å². The molecule has 2 heterocycles. The van der Waals surface area contributed by atoms with Gasteiger partial charge in [0.05, 0.1) is 0 Å². The average molecular weight is 176 g/mol. The van der Waals surface area contributed by atoms with Gasteiger partial charge in [-0.1, -0.05) is 13.8 Å². The van der Waals surface area contributed by atoms with Crippen LogP contribution < -0.4 is 0 Å². The summed E-state index contributed by atoms with van der Waals surface area (Å²) < 4.78 is 0. The number of rotatable bonds is 1. The minimum Gasteiger partial charge on any atom is -0.346 e. The lowest BCUT2D eigenvalue weighted by Gasteiger charge is -1.88. The first-order chi connectivity index (χ1) is 6.40. The van der Waals surface area contributed by atoms with Crippen LogP contribution in [0.4, 0.5) is 0 Å². The topological polar surface area (TPSA) is 45.8 Å². The summed E-state index contributed by atoms with van der Waals surface area (Å²) in [4.78, 5) is 17.3. The summed E-state index contributed by atoms with van der Waals surface area (Å²) in [5, 5.41) is 0.967. The molecule has 2 aromatic heterocycles. The van der Waals surface area contributed by atoms with Gasteiger partial charge in [-0.15, -0.1) is 0 Å². The smallest absolute Gasteiger partial charge is 0.151 e. The summed E-state index contributed by atoms with van der Waals surface area (Å²) in [6.45, 7) is 4.00. The lowest BCUT2D eigenvalue weighted by atomic mass is 10.2. The van der Waals surface area contributed by atoms with Crippen molar-refractivity contribution in [3.05, 3.63) is 30.1 Å². The van der Waals surface area contributed by atoms with Crippen LogP contribution in [-0.4, -0.2) is 16.3 Å². The number of carbonyl (C=O) groups is 1. The molecule has 3 heteroatoms. The third-order valence-electron chi connectivity index (χ3n) is 1.56. The van der Waals surface area contributed by atoms with Gasteiger partial charge in [0.15, 0.2) is 6.29 Å². The SMILES string of the molecule is CC.O=Cc1cnc2[nH]ccc2c1. The first-order valence-corrected chi connectivity index (χ1v) is 4.28. The largest absolute Gasteiger partial charge is 0.346 e. The molecule has 0 radical (unpaired) electrons. The molecule has 2 aromatic rings. The maximum Gasteiger partial charge on any atom is 0.151 e. The highest BCUT2D eigenvalue weighted by molar-refractivity contribution is 5.83. The Morgan fingerprint density at radius 1 is 1.46 bits per heavy atom. The van der Waals surface area contributed by atoms with Crippen LogP contribution in [-0.2, 0) is 0 Å². The third kappa shape index (κ3) is 1.93. The monoisotopic (exact) mass is 176 g/mol. The van der Waals surface area contributed by atoms with Gasteiger partial charge in [-0.3, -0.25) is 4.79 Å². The fraction of sp³-hybridized carbons (Fsp3) is 0.200. The Labute approximate surface area is 76.8 Å². The number of nitrogens with one attached hydrogen (secondary N) is 1. The number of pyridine rings is 1. The molecule has 13 heavy (non-hydrogen) atoms. The fourth-order valence-electron chi connectivity index (χ4n) is 1.02. The Kier molecular flexibility index (Phi) is 3.20. The molecular weight excluding hydrogens is 164 g/mol. The van der Waals surface area contributed by atoms with Crippen molar-refractivity contribution in [1.82, 2.24) is 9.97 Å². The molecule has 3 nitrogen and oxygen atoms in total. The number of H-pyrrole nitrogens is 1. The highest BCUT2D eigenvalue weighted by Gasteiger charge is 1.95. The van der Waals surface area contributed by atoms with Crippen LogP contribution in [0.25, 0.3) is 11.0 Å². The molecule has 0 aromatic carbocycles. The van der Waals surface area contributed by atoms with Gasteiger partial charge in [0, 0.05) is 23.3 Å². The fourth-order valence-corrected chi connectivity index (χ4v) is 1.02. The zero-order valence-corrected chi connectivity index (χ0v) is 7.74. The molecule has 1 N–H and O–H groups in total. The second kappa shape index (κ2) is 4.40. The molecule has 0 aliphatic carbocycles. The van der Waals surface area contributed by atoms with Gasteiger partial charge in [0.25, 0.3) is 0 Å². The van der Waals surface area contributed by atoms with Crippen LogP contribution in [0.1, 0.15) is 24.2 Å². The third-order valence-corrected chi connectivity index (χ3v) is 1.56. The van der Waals surface area contributed by atoms with Crippen molar-refractivity contribution in [2.75, 3.05) is 0 Å². The van der Waals surface area contributed by atoms with Gasteiger partial charge in [-0.25, -0.2) is 4.98 Å². The van der Waals surface area contributed by atoms with Gasteiger partial charge >= 0.3 is 0 Å². The molecule has 0 bridgehead atoms. The van der Waals surface area contributed by atoms with Crippen LogP contribution in [0.3, 0.4) is 0 Å². The van der Waals surface area contributed by atoms with Crippen molar-refractivity contribution in [3.63, 3.8) is 0 Å². The van der Waals surface area contributed by atoms with Gasteiger partial charge in [0.1, 0.15) is 5.65 Å². The molecule has 0 amide bonds. The van der Waals surface area contributed by atoms with Crippen molar-refractivity contribution >= 4 is 17.3 Å². The van der Waals surface area contributed by atoms with Crippen molar-refractivity contribution in [1.29, 1.82) is 0 Å². The van der Waals surface area contributed by atoms with E-state index in [1.807, 2.05) is 19.9 Å². The zero-order chi connectivity index (χ0) is 9.68. The molecule has 0 unspecified atom stereocenters. The second-order valence-corrected chi connectivity index (χ2v) is 2.30. The highest BCUT2D eigenvalue weighted by Crippen LogP contribution is 2.09. The maximum atomic E-state index is 10.3. The van der Waals surface area contributed by atoms with Crippen LogP contribution in [0.2, 0.25) is 0 Å². The van der Waals surface area contributed by atoms with E-state index in [4.69, 9.17) is 0 Å². The summed E-state index contributed by atoms with van der Waals surface area (Å²) in [6.07, 6.45) is 4.14. The van der Waals surface area contributed by atoms with Gasteiger partial charge in [-0.2, -0.15) is 0 Å². The minimum atomic E-state index is 0.608. The van der Waals surface area contributed by atoms with Crippen molar-refractivity contribution < 1.29 is 4.79 Å². The Balaban J connectivity index is 0.000000396. The Hall–Kier alpha value is -1.64. The van der Waals surface area contributed by atoms with Crippen molar-refractivity contribution in [3.8, 4) is 0 Å². The number of aldehydes is 1. The maximum absolute atomic E-state index is 10.3. The number of hydrogen-bond donors (Lipinski definition) is 1. The minimum absolute atomic E-state index is 0.608. The molecule has 0 spiro atoms. The summed E-state index contributed by atoms with van der Waals surface area (Å²) in [6, 6.07) is 3.68. The second-order valence-electron chi connectivity index (χ2n) is 2.30. The number of hydrogen-bond acceptors (Lipinski definition) is 2. The zero-order valence-electron chi connectivity index (χ0n) is 7.74. The molecule has 2 rings (SSSR count). The summed E-state index contributed by atoms with van der Waals surface area (Å²) >= 11 is 0. The number of aromatic nitrogens is 2. The van der Waals surface area contributed by atoms with E-state index in [2.05, 4.69) is 9.97 Å². The lowest BCUT2D eigenvalue weighted by molar-refractivity contribution is 0.112. The van der Waals surface area contributed by atoms with E-state index in [1.54, 1.807) is 18.5 Å². The standard InChI is InChI=1S/C8H6N2O.C2H6/c11-5-6-3-7-1-2-9-8(7)10-4-6;1-2/h1-5H,(H,9,10);1-2H3. The van der Waals surface area contributed by atoms with E-state index < -0.39 is 0 Å². The molecule has 0 atom stereocenters. The summed E-state index contributed by atoms with van der Waals surface area (Å²) in [5.41, 5.74) is 1.42. The lowest BCUT2D eigenvalue weighted by Crippen LogP contribution is -1.81. The molecule has 0 aliphatic rings. The average Bonchev–Trinajstić information content (AvgIpc) is 2.67. The molecule has 0 saturated carbocycles. The van der Waals surface area contributed by atoms with Crippen LogP contribution in [0, 0.1) is 0 Å². The number of fused-ring (bicyclic) bond motifs is 1. The number of carbonyl (C=O) groups excluding carboxylic acids is 1. The summed E-state index contributed by atoms with van der Waals surface area (Å²) in [5.74, 6) is 0. The van der Waals surface area contributed by atoms with E-state index in [9.17, 15) is 4.79 Å². The predicted octanol–water partition coefficient (Wildman–Crippen LogP) is 2.40. The number of aromatic amines is 1. The van der Waals surface area contributed by atoms with Crippen LogP contribution in [0.5, 0.6) is 0 Å². The first kappa shape index (κ1) is 9.45. The molecular formula is C10H12N2O. The molecule has 0 aliphatic heterocycles. The van der Waals surface area contributed by atoms with Crippen LogP contribution >= 0.6 is 0 Å². The van der Waals surface area contributed by atoms with Crippen molar-refractivity contribution in [2.24, 2.45) is 0 Å². The molecule has 0 fully saturated rings. The van der Waals surface area contributed by atoms with E-state index in [0.29, 0.717) is 5.56 Å². The Bertz CT molecular complexity index is 392. The number of nitrogens with zero attached hydrogens (tertiary/aromatic N) is 1.